The van der Waals surface area contributed by atoms with Gasteiger partial charge in [0.2, 0.25) is 0 Å². The quantitative estimate of drug-likeness (QED) is 0.315. The van der Waals surface area contributed by atoms with E-state index in [0.717, 1.165) is 0 Å². The average Bonchev–Trinajstić information content (AvgIpc) is 0.722. The zero-order chi connectivity index (χ0) is 4.50. The van der Waals surface area contributed by atoms with E-state index < -0.39 is 7.82 Å². The summed E-state index contributed by atoms with van der Waals surface area (Å²) >= 11 is 0. The van der Waals surface area contributed by atoms with Crippen molar-refractivity contribution in [1.82, 2.24) is 0 Å². The molecule has 0 aliphatic rings. The molecule has 0 aliphatic carbocycles. The maximum atomic E-state index is 8.88. The van der Waals surface area contributed by atoms with Crippen molar-refractivity contribution in [1.29, 1.82) is 0 Å². The minimum Gasteiger partial charge on any atom is -1.00 e. The zero-order valence-corrected chi connectivity index (χ0v) is 10.1. The smallest absolute Gasteiger partial charge is 1.00 e. The van der Waals surface area contributed by atoms with Crippen LogP contribution in [-0.2, 0) is 72.8 Å². The topological polar surface area (TPSA) is 77.8 Å². The molecule has 0 unspecified atom stereocenters. The minimum atomic E-state index is -4.64. The summed E-state index contributed by atoms with van der Waals surface area (Å²) in [4.78, 5) is 21.6. The van der Waals surface area contributed by atoms with Crippen LogP contribution >= 0.6 is 7.82 Å². The van der Waals surface area contributed by atoms with Crippen molar-refractivity contribution in [2.45, 2.75) is 0 Å². The fourth-order valence-electron chi connectivity index (χ4n) is 0. The number of hydrogen-bond acceptors (Lipinski definition) is 1. The van der Waals surface area contributed by atoms with Crippen LogP contribution in [0.3, 0.4) is 0 Å². The second-order valence-electron chi connectivity index (χ2n) is 0.513. The monoisotopic (exact) mass is 328 g/mol. The molecule has 0 saturated carbocycles. The summed E-state index contributed by atoms with van der Waals surface area (Å²) in [6, 6.07) is 0. The van der Waals surface area contributed by atoms with Crippen molar-refractivity contribution in [3.05, 3.63) is 0 Å². The SMILES string of the molecule is O=P(O)(O)O.[Fe].[Fe].[H-].[Li+].[Mn].[Mn]. The molecule has 0 aromatic carbocycles. The normalized spacial score (nSPS) is 5.90. The second-order valence-corrected chi connectivity index (χ2v) is 1.54. The molecule has 0 spiro atoms. The van der Waals surface area contributed by atoms with Gasteiger partial charge in [0.25, 0.3) is 0 Å². The van der Waals surface area contributed by atoms with Gasteiger partial charge in [-0.15, -0.1) is 0 Å². The van der Waals surface area contributed by atoms with E-state index in [1.807, 2.05) is 0 Å². The molecule has 0 aromatic rings. The van der Waals surface area contributed by atoms with Crippen LogP contribution in [0, 0.1) is 0 Å². The number of hydrogen-bond donors (Lipinski definition) is 3. The van der Waals surface area contributed by atoms with Gasteiger partial charge in [-0.1, -0.05) is 0 Å². The molecule has 4 nitrogen and oxygen atoms in total. The first-order valence-corrected chi connectivity index (χ1v) is 2.35. The van der Waals surface area contributed by atoms with Crippen LogP contribution in [0.15, 0.2) is 0 Å². The van der Waals surface area contributed by atoms with Gasteiger partial charge in [0.05, 0.1) is 0 Å². The third kappa shape index (κ3) is 133. The molecule has 0 aromatic heterocycles. The second kappa shape index (κ2) is 17.8. The van der Waals surface area contributed by atoms with E-state index >= 15 is 0 Å². The van der Waals surface area contributed by atoms with E-state index in [2.05, 4.69) is 0 Å². The fraction of sp³-hybridized carbons (Fsp3) is 0. The van der Waals surface area contributed by atoms with Crippen LogP contribution in [0.25, 0.3) is 0 Å². The van der Waals surface area contributed by atoms with Crippen LogP contribution in [0.4, 0.5) is 0 Å². The van der Waals surface area contributed by atoms with Gasteiger partial charge in [-0.2, -0.15) is 0 Å². The van der Waals surface area contributed by atoms with Crippen LogP contribution in [-0.4, -0.2) is 14.7 Å². The third-order valence-corrected chi connectivity index (χ3v) is 0. The van der Waals surface area contributed by atoms with Gasteiger partial charge in [0, 0.05) is 68.3 Å². The Morgan fingerprint density at radius 2 is 1.00 bits per heavy atom. The molecule has 0 rings (SSSR count). The maximum Gasteiger partial charge on any atom is 1.00 e. The number of rotatable bonds is 0. The predicted molar refractivity (Wildman–Crippen MR) is 15.4 cm³/mol. The van der Waals surface area contributed by atoms with Crippen molar-refractivity contribution < 1.29 is 108 Å². The molecular formula is H4Fe2LiMn2O4P. The summed E-state index contributed by atoms with van der Waals surface area (Å²) in [5.41, 5.74) is 0. The molecule has 10 heteroatoms. The Balaban J connectivity index is -0.00000000533. The van der Waals surface area contributed by atoms with Gasteiger partial charge in [-0.25, -0.2) is 4.57 Å². The Labute approximate surface area is 114 Å². The van der Waals surface area contributed by atoms with E-state index in [4.69, 9.17) is 19.2 Å². The van der Waals surface area contributed by atoms with Crippen molar-refractivity contribution in [2.75, 3.05) is 0 Å². The fourth-order valence-corrected chi connectivity index (χ4v) is 0. The molecule has 0 atom stereocenters. The van der Waals surface area contributed by atoms with Crippen molar-refractivity contribution in [2.24, 2.45) is 0 Å². The van der Waals surface area contributed by atoms with Crippen LogP contribution in [0.1, 0.15) is 1.43 Å². The first kappa shape index (κ1) is 38.6. The minimum absolute atomic E-state index is 0. The molecule has 0 heterocycles. The summed E-state index contributed by atoms with van der Waals surface area (Å²) in [6.45, 7) is 0. The van der Waals surface area contributed by atoms with Crippen molar-refractivity contribution >= 4 is 7.82 Å². The average molecular weight is 328 g/mol. The standard InChI is InChI=1S/2Fe.Li.2Mn.H3O4P.H/c;;;;;1-5(2,3)4;/h;;;;;(H3,1,2,3,4);/q;;+1;;;;-1. The van der Waals surface area contributed by atoms with Crippen molar-refractivity contribution in [3.8, 4) is 0 Å². The molecule has 0 fully saturated rings. The summed E-state index contributed by atoms with van der Waals surface area (Å²) < 4.78 is 8.88. The Morgan fingerprint density at radius 3 is 1.00 bits per heavy atom. The summed E-state index contributed by atoms with van der Waals surface area (Å²) in [5, 5.41) is 0. The van der Waals surface area contributed by atoms with Crippen LogP contribution < -0.4 is 18.9 Å². The Hall–Kier alpha value is 2.79. The molecule has 0 bridgehead atoms. The molecule has 10 heavy (non-hydrogen) atoms. The summed E-state index contributed by atoms with van der Waals surface area (Å²) in [7, 11) is -4.64. The molecule has 0 amide bonds. The zero-order valence-electron chi connectivity index (χ0n) is 5.66. The Kier molecular flexibility index (Phi) is 68.5. The molecular weight excluding hydrogens is 323 g/mol. The summed E-state index contributed by atoms with van der Waals surface area (Å²) in [5.74, 6) is 0. The van der Waals surface area contributed by atoms with Crippen LogP contribution in [0.2, 0.25) is 0 Å². The molecule has 3 N–H and O–H groups in total. The van der Waals surface area contributed by atoms with E-state index in [1.165, 1.54) is 0 Å². The largest absolute Gasteiger partial charge is 1.00 e. The van der Waals surface area contributed by atoms with Crippen molar-refractivity contribution in [3.63, 3.8) is 0 Å². The van der Waals surface area contributed by atoms with Gasteiger partial charge in [-0.3, -0.25) is 0 Å². The number of phosphoric acid groups is 1. The van der Waals surface area contributed by atoms with Crippen LogP contribution in [0.5, 0.6) is 0 Å². The van der Waals surface area contributed by atoms with E-state index in [9.17, 15) is 0 Å². The molecule has 0 aliphatic heterocycles. The molecule has 64 valence electrons. The first-order valence-electron chi connectivity index (χ1n) is 0.783. The van der Waals surface area contributed by atoms with E-state index in [-0.39, 0.29) is 88.6 Å². The van der Waals surface area contributed by atoms with E-state index in [1.54, 1.807) is 0 Å². The van der Waals surface area contributed by atoms with Gasteiger partial charge in [0.15, 0.2) is 0 Å². The Morgan fingerprint density at radius 1 is 1.00 bits per heavy atom. The van der Waals surface area contributed by atoms with Gasteiger partial charge >= 0.3 is 26.7 Å². The maximum absolute atomic E-state index is 8.88. The van der Waals surface area contributed by atoms with Gasteiger partial charge in [0.1, 0.15) is 0 Å². The summed E-state index contributed by atoms with van der Waals surface area (Å²) in [6.07, 6.45) is 0. The molecule has 2 radical (unpaired) electrons. The Bertz CT molecular complexity index is 72.2. The van der Waals surface area contributed by atoms with Gasteiger partial charge in [-0.05, 0) is 0 Å². The third-order valence-electron chi connectivity index (χ3n) is 0. The predicted octanol–water partition coefficient (Wildman–Crippen LogP) is -3.82. The van der Waals surface area contributed by atoms with E-state index in [0.29, 0.717) is 0 Å². The van der Waals surface area contributed by atoms with Gasteiger partial charge < -0.3 is 16.1 Å². The first-order chi connectivity index (χ1) is 2.00. The molecule has 0 saturated heterocycles.